The van der Waals surface area contributed by atoms with Gasteiger partial charge in [-0.3, -0.25) is 10.0 Å². The average Bonchev–Trinajstić information content (AvgIpc) is 2.72. The van der Waals surface area contributed by atoms with Crippen LogP contribution in [0.15, 0.2) is 18.2 Å². The van der Waals surface area contributed by atoms with Gasteiger partial charge in [-0.2, -0.15) is 0 Å². The number of carbonyl (C=O) groups excluding carboxylic acids is 1. The number of phenols is 1. The van der Waals surface area contributed by atoms with E-state index in [-0.39, 0.29) is 24.1 Å². The maximum atomic E-state index is 12.9. The minimum atomic E-state index is -0.193. The fourth-order valence-corrected chi connectivity index (χ4v) is 3.66. The molecule has 0 aliphatic carbocycles. The molecule has 5 nitrogen and oxygen atoms in total. The van der Waals surface area contributed by atoms with Crippen molar-refractivity contribution >= 4 is 5.91 Å². The van der Waals surface area contributed by atoms with Crippen LogP contribution in [-0.4, -0.2) is 28.4 Å². The predicted molar refractivity (Wildman–Crippen MR) is 117 cm³/mol. The minimum Gasteiger partial charge on any atom is -0.504 e. The van der Waals surface area contributed by atoms with Crippen molar-refractivity contribution in [1.29, 1.82) is 0 Å². The quantitative estimate of drug-likeness (QED) is 0.187. The number of ether oxygens (including phenoxy) is 1. The molecule has 0 saturated carbocycles. The number of benzene rings is 1. The first-order chi connectivity index (χ1) is 14.0. The maximum Gasteiger partial charge on any atom is 0.249 e. The maximum absolute atomic E-state index is 12.9. The van der Waals surface area contributed by atoms with Crippen LogP contribution in [0, 0.1) is 5.92 Å². The molecule has 0 spiro atoms. The molecule has 0 heterocycles. The lowest BCUT2D eigenvalue weighted by molar-refractivity contribution is -0.173. The standard InChI is InChI=1S/C24H41NO4/c1-4-6-8-10-11-13-15-21(14-12-9-7-5-2)24(27)25(28)19-20-16-17-22(26)23(18-20)29-3/h16-18,21,26,28H,4-15,19H2,1-3H3. The van der Waals surface area contributed by atoms with Crippen molar-refractivity contribution in [2.45, 2.75) is 97.4 Å². The number of amides is 1. The number of aromatic hydroxyl groups is 1. The molecule has 1 atom stereocenters. The van der Waals surface area contributed by atoms with Gasteiger partial charge in [-0.15, -0.1) is 0 Å². The van der Waals surface area contributed by atoms with Crippen molar-refractivity contribution < 1.29 is 19.8 Å². The molecule has 1 rings (SSSR count). The highest BCUT2D eigenvalue weighted by Crippen LogP contribution is 2.27. The van der Waals surface area contributed by atoms with Crippen molar-refractivity contribution in [3.63, 3.8) is 0 Å². The number of hydroxylamine groups is 2. The third-order valence-corrected chi connectivity index (χ3v) is 5.49. The second-order valence-corrected chi connectivity index (χ2v) is 8.00. The Morgan fingerprint density at radius 2 is 1.52 bits per heavy atom. The van der Waals surface area contributed by atoms with E-state index in [2.05, 4.69) is 13.8 Å². The Labute approximate surface area is 177 Å². The van der Waals surface area contributed by atoms with Crippen LogP contribution >= 0.6 is 0 Å². The van der Waals surface area contributed by atoms with Crippen LogP contribution in [0.3, 0.4) is 0 Å². The molecule has 0 saturated heterocycles. The molecular formula is C24H41NO4. The Morgan fingerprint density at radius 3 is 2.10 bits per heavy atom. The molecule has 0 fully saturated rings. The van der Waals surface area contributed by atoms with Gasteiger partial charge in [-0.25, -0.2) is 5.06 Å². The smallest absolute Gasteiger partial charge is 0.249 e. The van der Waals surface area contributed by atoms with E-state index in [9.17, 15) is 15.1 Å². The second kappa shape index (κ2) is 15.1. The van der Waals surface area contributed by atoms with Crippen LogP contribution in [0.5, 0.6) is 11.5 Å². The summed E-state index contributed by atoms with van der Waals surface area (Å²) in [5, 5.41) is 21.0. The van der Waals surface area contributed by atoms with Crippen LogP contribution < -0.4 is 4.74 Å². The van der Waals surface area contributed by atoms with Crippen molar-refractivity contribution in [3.8, 4) is 11.5 Å². The van der Waals surface area contributed by atoms with Gasteiger partial charge in [0.1, 0.15) is 0 Å². The van der Waals surface area contributed by atoms with Gasteiger partial charge in [0.2, 0.25) is 5.91 Å². The van der Waals surface area contributed by atoms with E-state index in [0.29, 0.717) is 5.75 Å². The van der Waals surface area contributed by atoms with Crippen LogP contribution in [-0.2, 0) is 11.3 Å². The summed E-state index contributed by atoms with van der Waals surface area (Å²) in [6, 6.07) is 4.86. The van der Waals surface area contributed by atoms with Crippen LogP contribution in [0.1, 0.15) is 96.5 Å². The highest BCUT2D eigenvalue weighted by atomic mass is 16.5. The van der Waals surface area contributed by atoms with Crippen molar-refractivity contribution in [2.75, 3.05) is 7.11 Å². The van der Waals surface area contributed by atoms with E-state index in [1.807, 2.05) is 0 Å². The molecule has 0 aromatic heterocycles. The number of hydrogen-bond acceptors (Lipinski definition) is 4. The number of phenolic OH excluding ortho intramolecular Hbond substituents is 1. The SMILES string of the molecule is CCCCCCCCC(CCCCCC)C(=O)N(O)Cc1ccc(O)c(OC)c1. The highest BCUT2D eigenvalue weighted by Gasteiger charge is 2.23. The van der Waals surface area contributed by atoms with Crippen molar-refractivity contribution in [2.24, 2.45) is 5.92 Å². The lowest BCUT2D eigenvalue weighted by Gasteiger charge is -2.22. The molecule has 1 aromatic rings. The Bertz CT molecular complexity index is 576. The molecule has 0 aliphatic heterocycles. The van der Waals surface area contributed by atoms with Gasteiger partial charge < -0.3 is 9.84 Å². The van der Waals surface area contributed by atoms with Gasteiger partial charge in [0.25, 0.3) is 0 Å². The summed E-state index contributed by atoms with van der Waals surface area (Å²) in [6.45, 7) is 4.49. The molecule has 0 bridgehead atoms. The largest absolute Gasteiger partial charge is 0.504 e. The Hall–Kier alpha value is -1.75. The van der Waals surface area contributed by atoms with Crippen molar-refractivity contribution in [3.05, 3.63) is 23.8 Å². The van der Waals surface area contributed by atoms with Gasteiger partial charge in [0, 0.05) is 5.92 Å². The number of hydrogen-bond donors (Lipinski definition) is 2. The summed E-state index contributed by atoms with van der Waals surface area (Å²) in [6.07, 6.45) is 13.4. The van der Waals surface area contributed by atoms with Crippen LogP contribution in [0.4, 0.5) is 0 Å². The van der Waals surface area contributed by atoms with E-state index >= 15 is 0 Å². The second-order valence-electron chi connectivity index (χ2n) is 8.00. The Morgan fingerprint density at radius 1 is 0.966 bits per heavy atom. The third-order valence-electron chi connectivity index (χ3n) is 5.49. The number of methoxy groups -OCH3 is 1. The number of nitrogens with zero attached hydrogens (tertiary/aromatic N) is 1. The first-order valence-electron chi connectivity index (χ1n) is 11.4. The summed E-state index contributed by atoms with van der Waals surface area (Å²) in [4.78, 5) is 12.9. The molecule has 166 valence electrons. The summed E-state index contributed by atoms with van der Waals surface area (Å²) in [7, 11) is 1.48. The van der Waals surface area contributed by atoms with Crippen molar-refractivity contribution in [1.82, 2.24) is 5.06 Å². The monoisotopic (exact) mass is 407 g/mol. The summed E-state index contributed by atoms with van der Waals surface area (Å²) < 4.78 is 5.11. The molecule has 0 radical (unpaired) electrons. The topological polar surface area (TPSA) is 70.0 Å². The van der Waals surface area contributed by atoms with Gasteiger partial charge in [-0.05, 0) is 30.5 Å². The summed E-state index contributed by atoms with van der Waals surface area (Å²) in [5.74, 6) is 0.0691. The first-order valence-corrected chi connectivity index (χ1v) is 11.4. The lowest BCUT2D eigenvalue weighted by atomic mass is 9.93. The first kappa shape index (κ1) is 25.3. The Kier molecular flexibility index (Phi) is 13.2. The molecule has 5 heteroatoms. The minimum absolute atomic E-state index is 0.0453. The molecule has 29 heavy (non-hydrogen) atoms. The molecule has 1 unspecified atom stereocenters. The van der Waals surface area contributed by atoms with Gasteiger partial charge >= 0.3 is 0 Å². The molecule has 2 N–H and O–H groups in total. The van der Waals surface area contributed by atoms with Gasteiger partial charge in [0.15, 0.2) is 11.5 Å². The summed E-state index contributed by atoms with van der Waals surface area (Å²) in [5.41, 5.74) is 0.722. The fourth-order valence-electron chi connectivity index (χ4n) is 3.66. The number of carbonyl (C=O) groups is 1. The van der Waals surface area contributed by atoms with E-state index in [1.165, 1.54) is 51.7 Å². The molecule has 0 aliphatic rings. The molecular weight excluding hydrogens is 366 g/mol. The normalized spacial score (nSPS) is 12.0. The zero-order valence-corrected chi connectivity index (χ0v) is 18.7. The van der Waals surface area contributed by atoms with Gasteiger partial charge in [-0.1, -0.05) is 84.1 Å². The zero-order chi connectivity index (χ0) is 21.5. The van der Waals surface area contributed by atoms with E-state index < -0.39 is 0 Å². The Balaban J connectivity index is 2.61. The van der Waals surface area contributed by atoms with Gasteiger partial charge in [0.05, 0.1) is 13.7 Å². The van der Waals surface area contributed by atoms with Crippen LogP contribution in [0.25, 0.3) is 0 Å². The lowest BCUT2D eigenvalue weighted by Crippen LogP contribution is -2.33. The number of unbranched alkanes of at least 4 members (excludes halogenated alkanes) is 8. The average molecular weight is 408 g/mol. The zero-order valence-electron chi connectivity index (χ0n) is 18.7. The summed E-state index contributed by atoms with van der Waals surface area (Å²) >= 11 is 0. The van der Waals surface area contributed by atoms with E-state index in [0.717, 1.165) is 49.2 Å². The van der Waals surface area contributed by atoms with E-state index in [1.54, 1.807) is 12.1 Å². The molecule has 1 aromatic carbocycles. The highest BCUT2D eigenvalue weighted by molar-refractivity contribution is 5.77. The number of rotatable bonds is 16. The molecule has 1 amide bonds. The third kappa shape index (κ3) is 10.0. The van der Waals surface area contributed by atoms with E-state index in [4.69, 9.17) is 4.74 Å². The predicted octanol–water partition coefficient (Wildman–Crippen LogP) is 6.46. The fraction of sp³-hybridized carbons (Fsp3) is 0.708. The van der Waals surface area contributed by atoms with Crippen LogP contribution in [0.2, 0.25) is 0 Å².